The highest BCUT2D eigenvalue weighted by molar-refractivity contribution is 5.93. The van der Waals surface area contributed by atoms with Crippen LogP contribution in [0.5, 0.6) is 0 Å². The Morgan fingerprint density at radius 1 is 1.24 bits per heavy atom. The number of fused-ring (bicyclic) bond motifs is 1. The molecular formula is C17H23N7O. The van der Waals surface area contributed by atoms with Crippen LogP contribution >= 0.6 is 0 Å². The molecule has 0 unspecified atom stereocenters. The van der Waals surface area contributed by atoms with E-state index < -0.39 is 0 Å². The van der Waals surface area contributed by atoms with E-state index in [9.17, 15) is 4.79 Å². The van der Waals surface area contributed by atoms with Gasteiger partial charge >= 0.3 is 6.03 Å². The van der Waals surface area contributed by atoms with Gasteiger partial charge in [-0.3, -0.25) is 19.2 Å². The number of aryl methyl sites for hydroxylation is 2. The Bertz CT molecular complexity index is 782. The first-order valence-electron chi connectivity index (χ1n) is 9.02. The molecule has 2 aromatic rings. The molecule has 0 atom stereocenters. The zero-order chi connectivity index (χ0) is 17.0. The molecule has 2 aromatic heterocycles. The Kier molecular flexibility index (Phi) is 3.34. The number of likely N-dealkylation sites (tertiary alicyclic amines) is 1. The molecule has 25 heavy (non-hydrogen) atoms. The number of aromatic nitrogens is 4. The van der Waals surface area contributed by atoms with Crippen LogP contribution in [0.15, 0.2) is 18.5 Å². The second-order valence-corrected chi connectivity index (χ2v) is 7.34. The van der Waals surface area contributed by atoms with Crippen LogP contribution in [0.2, 0.25) is 0 Å². The molecule has 132 valence electrons. The van der Waals surface area contributed by atoms with Gasteiger partial charge in [-0.25, -0.2) is 4.79 Å². The van der Waals surface area contributed by atoms with Crippen molar-refractivity contribution in [3.63, 3.8) is 0 Å². The standard InChI is InChI=1S/C17H23N7O/c1-20-5-6-22(17(20)25)15-8-18-24(12-15)16-10-21(11-16)9-13-7-14-3-2-4-23(14)19-13/h7-8,12,16H,2-6,9-11H2,1H3. The third kappa shape index (κ3) is 2.52. The molecular weight excluding hydrogens is 318 g/mol. The summed E-state index contributed by atoms with van der Waals surface area (Å²) in [5.74, 6) is 0. The van der Waals surface area contributed by atoms with Gasteiger partial charge in [0, 0.05) is 58.2 Å². The minimum absolute atomic E-state index is 0.0580. The molecule has 3 aliphatic rings. The van der Waals surface area contributed by atoms with Gasteiger partial charge in [0.15, 0.2) is 0 Å². The summed E-state index contributed by atoms with van der Waals surface area (Å²) in [5, 5.41) is 9.17. The topological polar surface area (TPSA) is 62.4 Å². The number of carbonyl (C=O) groups excluding carboxylic acids is 1. The van der Waals surface area contributed by atoms with Crippen molar-refractivity contribution in [3.05, 3.63) is 29.8 Å². The number of urea groups is 1. The van der Waals surface area contributed by atoms with Crippen molar-refractivity contribution in [2.45, 2.75) is 32.0 Å². The number of anilines is 1. The molecule has 0 aliphatic carbocycles. The summed E-state index contributed by atoms with van der Waals surface area (Å²) < 4.78 is 4.15. The molecule has 2 fully saturated rings. The second-order valence-electron chi connectivity index (χ2n) is 7.34. The third-order valence-corrected chi connectivity index (χ3v) is 5.53. The van der Waals surface area contributed by atoms with Crippen LogP contribution < -0.4 is 4.90 Å². The van der Waals surface area contributed by atoms with Gasteiger partial charge in [-0.15, -0.1) is 0 Å². The van der Waals surface area contributed by atoms with E-state index in [0.717, 1.165) is 51.4 Å². The summed E-state index contributed by atoms with van der Waals surface area (Å²) in [5.41, 5.74) is 3.46. The van der Waals surface area contributed by atoms with Crippen LogP contribution in [-0.2, 0) is 19.5 Å². The first-order valence-corrected chi connectivity index (χ1v) is 9.02. The van der Waals surface area contributed by atoms with Gasteiger partial charge in [0.1, 0.15) is 0 Å². The number of likely N-dealkylation sites (N-methyl/N-ethyl adjacent to an activating group) is 1. The van der Waals surface area contributed by atoms with Crippen molar-refractivity contribution in [2.24, 2.45) is 0 Å². The highest BCUT2D eigenvalue weighted by Crippen LogP contribution is 2.26. The number of carbonyl (C=O) groups is 1. The van der Waals surface area contributed by atoms with E-state index in [0.29, 0.717) is 6.04 Å². The van der Waals surface area contributed by atoms with Gasteiger partial charge in [0.25, 0.3) is 0 Å². The van der Waals surface area contributed by atoms with Gasteiger partial charge in [-0.2, -0.15) is 10.2 Å². The fourth-order valence-electron chi connectivity index (χ4n) is 4.02. The fraction of sp³-hybridized carbons (Fsp3) is 0.588. The van der Waals surface area contributed by atoms with Gasteiger partial charge < -0.3 is 4.90 Å². The maximum Gasteiger partial charge on any atom is 0.324 e. The normalized spacial score (nSPS) is 21.2. The lowest BCUT2D eigenvalue weighted by Gasteiger charge is -2.38. The molecule has 0 aromatic carbocycles. The molecule has 0 spiro atoms. The average Bonchev–Trinajstić information content (AvgIpc) is 3.29. The maximum absolute atomic E-state index is 12.1. The molecule has 8 heteroatoms. The molecule has 0 saturated carbocycles. The van der Waals surface area contributed by atoms with Crippen molar-refractivity contribution in [2.75, 3.05) is 38.1 Å². The zero-order valence-corrected chi connectivity index (χ0v) is 14.5. The maximum atomic E-state index is 12.1. The quantitative estimate of drug-likeness (QED) is 0.831. The van der Waals surface area contributed by atoms with Gasteiger partial charge in [0.2, 0.25) is 0 Å². The van der Waals surface area contributed by atoms with E-state index in [2.05, 4.69) is 25.8 Å². The lowest BCUT2D eigenvalue weighted by Crippen LogP contribution is -2.47. The first kappa shape index (κ1) is 14.9. The van der Waals surface area contributed by atoms with Crippen LogP contribution in [0.4, 0.5) is 10.5 Å². The number of nitrogens with zero attached hydrogens (tertiary/aromatic N) is 7. The fourth-order valence-corrected chi connectivity index (χ4v) is 4.02. The number of rotatable bonds is 4. The zero-order valence-electron chi connectivity index (χ0n) is 14.5. The smallest absolute Gasteiger partial charge is 0.324 e. The van der Waals surface area contributed by atoms with Crippen LogP contribution in [0, 0.1) is 0 Å². The minimum Gasteiger partial charge on any atom is -0.326 e. The predicted octanol–water partition coefficient (Wildman–Crippen LogP) is 0.954. The third-order valence-electron chi connectivity index (χ3n) is 5.53. The van der Waals surface area contributed by atoms with E-state index in [-0.39, 0.29) is 6.03 Å². The van der Waals surface area contributed by atoms with Gasteiger partial charge in [-0.05, 0) is 18.9 Å². The number of hydrogen-bond donors (Lipinski definition) is 0. The molecule has 8 nitrogen and oxygen atoms in total. The van der Waals surface area contributed by atoms with E-state index in [1.54, 1.807) is 16.0 Å². The van der Waals surface area contributed by atoms with Crippen molar-refractivity contribution in [3.8, 4) is 0 Å². The van der Waals surface area contributed by atoms with Crippen molar-refractivity contribution in [1.82, 2.24) is 29.4 Å². The van der Waals surface area contributed by atoms with E-state index >= 15 is 0 Å². The van der Waals surface area contributed by atoms with Crippen LogP contribution in [0.25, 0.3) is 0 Å². The Labute approximate surface area is 146 Å². The molecule has 5 rings (SSSR count). The van der Waals surface area contributed by atoms with Gasteiger partial charge in [-0.1, -0.05) is 0 Å². The van der Waals surface area contributed by atoms with Gasteiger partial charge in [0.05, 0.1) is 23.6 Å². The molecule has 0 bridgehead atoms. The van der Waals surface area contributed by atoms with Crippen LogP contribution in [0.3, 0.4) is 0 Å². The molecule has 0 N–H and O–H groups in total. The summed E-state index contributed by atoms with van der Waals surface area (Å²) in [4.78, 5) is 18.0. The largest absolute Gasteiger partial charge is 0.326 e. The molecule has 0 radical (unpaired) electrons. The Morgan fingerprint density at radius 2 is 2.12 bits per heavy atom. The first-order chi connectivity index (χ1) is 12.2. The Morgan fingerprint density at radius 3 is 2.88 bits per heavy atom. The lowest BCUT2D eigenvalue weighted by atomic mass is 10.1. The molecule has 2 saturated heterocycles. The number of amides is 2. The average molecular weight is 341 g/mol. The highest BCUT2D eigenvalue weighted by Gasteiger charge is 2.32. The summed E-state index contributed by atoms with van der Waals surface area (Å²) in [7, 11) is 1.84. The molecule has 2 amide bonds. The van der Waals surface area contributed by atoms with Crippen molar-refractivity contribution >= 4 is 11.7 Å². The summed E-state index contributed by atoms with van der Waals surface area (Å²) in [6.45, 7) is 5.46. The summed E-state index contributed by atoms with van der Waals surface area (Å²) >= 11 is 0. The Balaban J connectivity index is 1.19. The molecule has 3 aliphatic heterocycles. The Hall–Kier alpha value is -2.35. The summed E-state index contributed by atoms with van der Waals surface area (Å²) in [6.07, 6.45) is 6.20. The van der Waals surface area contributed by atoms with Crippen molar-refractivity contribution in [1.29, 1.82) is 0 Å². The summed E-state index contributed by atoms with van der Waals surface area (Å²) in [6, 6.07) is 2.70. The lowest BCUT2D eigenvalue weighted by molar-refractivity contribution is 0.0893. The monoisotopic (exact) mass is 341 g/mol. The molecule has 5 heterocycles. The van der Waals surface area contributed by atoms with E-state index in [1.807, 2.05) is 17.9 Å². The van der Waals surface area contributed by atoms with E-state index in [4.69, 9.17) is 0 Å². The highest BCUT2D eigenvalue weighted by atomic mass is 16.2. The number of hydrogen-bond acceptors (Lipinski definition) is 4. The minimum atomic E-state index is 0.0580. The van der Waals surface area contributed by atoms with Crippen LogP contribution in [-0.4, -0.2) is 68.6 Å². The predicted molar refractivity (Wildman–Crippen MR) is 92.5 cm³/mol. The second kappa shape index (κ2) is 5.59. The van der Waals surface area contributed by atoms with Crippen molar-refractivity contribution < 1.29 is 4.79 Å². The van der Waals surface area contributed by atoms with Crippen LogP contribution in [0.1, 0.15) is 23.9 Å². The van der Waals surface area contributed by atoms with E-state index in [1.165, 1.54) is 17.8 Å². The SMILES string of the molecule is CN1CCN(c2cnn(C3CN(Cc4cc5n(n4)CCC5)C3)c2)C1=O.